The van der Waals surface area contributed by atoms with Crippen LogP contribution in [-0.4, -0.2) is 29.3 Å². The summed E-state index contributed by atoms with van der Waals surface area (Å²) in [6, 6.07) is 8.92. The monoisotopic (exact) mass is 305 g/mol. The van der Waals surface area contributed by atoms with Crippen LogP contribution in [0, 0.1) is 0 Å². The summed E-state index contributed by atoms with van der Waals surface area (Å²) in [5.41, 5.74) is 2.65. The van der Waals surface area contributed by atoms with Gasteiger partial charge in [0.2, 0.25) is 5.91 Å². The van der Waals surface area contributed by atoms with E-state index in [0.29, 0.717) is 17.8 Å². The van der Waals surface area contributed by atoms with Crippen LogP contribution in [-0.2, 0) is 11.2 Å². The van der Waals surface area contributed by atoms with E-state index in [2.05, 4.69) is 29.2 Å². The molecule has 1 aromatic carbocycles. The topological polar surface area (TPSA) is 20.3 Å². The molecule has 0 radical (unpaired) electrons. The lowest BCUT2D eigenvalue weighted by atomic mass is 9.82. The van der Waals surface area contributed by atoms with Gasteiger partial charge in [-0.1, -0.05) is 24.3 Å². The Bertz CT molecular complexity index is 502. The van der Waals surface area contributed by atoms with Crippen LogP contribution in [0.5, 0.6) is 0 Å². The Morgan fingerprint density at radius 2 is 2.10 bits per heavy atom. The summed E-state index contributed by atoms with van der Waals surface area (Å²) in [7, 11) is 0. The largest absolute Gasteiger partial charge is 0.339 e. The molecule has 114 valence electrons. The average molecular weight is 306 g/mol. The lowest BCUT2D eigenvalue weighted by molar-refractivity contribution is -0.134. The Morgan fingerprint density at radius 1 is 1.24 bits per heavy atom. The van der Waals surface area contributed by atoms with Gasteiger partial charge in [0, 0.05) is 18.5 Å². The number of fused-ring (bicyclic) bond motifs is 1. The predicted molar refractivity (Wildman–Crippen MR) is 86.8 cm³/mol. The van der Waals surface area contributed by atoms with Gasteiger partial charge in [0.1, 0.15) is 0 Å². The van der Waals surface area contributed by atoms with Crippen LogP contribution in [0.25, 0.3) is 0 Å². The molecular weight excluding hydrogens is 282 g/mol. The molecule has 1 fully saturated rings. The van der Waals surface area contributed by atoms with Crippen molar-refractivity contribution in [1.29, 1.82) is 0 Å². The molecule has 0 aromatic heterocycles. The van der Waals surface area contributed by atoms with E-state index in [9.17, 15) is 4.79 Å². The van der Waals surface area contributed by atoms with Crippen LogP contribution < -0.4 is 0 Å². The maximum atomic E-state index is 13.0. The third-order valence-electron chi connectivity index (χ3n) is 5.00. The van der Waals surface area contributed by atoms with Crippen LogP contribution in [0.1, 0.15) is 55.6 Å². The van der Waals surface area contributed by atoms with Gasteiger partial charge in [0.25, 0.3) is 0 Å². The number of hydrogen-bond donors (Lipinski definition) is 0. The van der Waals surface area contributed by atoms with Crippen LogP contribution in [0.4, 0.5) is 0 Å². The fourth-order valence-corrected chi connectivity index (χ4v) is 4.10. The molecule has 0 N–H and O–H groups in total. The maximum absolute atomic E-state index is 13.0. The number of amides is 1. The van der Waals surface area contributed by atoms with Crippen LogP contribution in [0.3, 0.4) is 0 Å². The Balaban J connectivity index is 1.76. The van der Waals surface area contributed by atoms with Crippen molar-refractivity contribution in [3.05, 3.63) is 35.4 Å². The SMILES string of the molecule is O=C(C1CCCc2ccccc21)N1CCCC1CCCCl. The van der Waals surface area contributed by atoms with Crippen LogP contribution >= 0.6 is 11.6 Å². The first-order chi connectivity index (χ1) is 10.3. The van der Waals surface area contributed by atoms with Crippen molar-refractivity contribution >= 4 is 17.5 Å². The number of carbonyl (C=O) groups is 1. The molecule has 2 aliphatic rings. The number of rotatable bonds is 4. The molecule has 2 nitrogen and oxygen atoms in total. The fourth-order valence-electron chi connectivity index (χ4n) is 3.95. The minimum Gasteiger partial charge on any atom is -0.339 e. The molecule has 1 aliphatic carbocycles. The van der Waals surface area contributed by atoms with Gasteiger partial charge in [-0.05, 0) is 56.1 Å². The smallest absolute Gasteiger partial charge is 0.230 e. The van der Waals surface area contributed by atoms with Gasteiger partial charge in [-0.2, -0.15) is 0 Å². The Morgan fingerprint density at radius 3 is 2.95 bits per heavy atom. The number of nitrogens with zero attached hydrogens (tertiary/aromatic N) is 1. The average Bonchev–Trinajstić information content (AvgIpc) is 3.00. The number of hydrogen-bond acceptors (Lipinski definition) is 1. The molecule has 2 unspecified atom stereocenters. The molecule has 0 saturated carbocycles. The highest BCUT2D eigenvalue weighted by molar-refractivity contribution is 6.17. The zero-order valence-corrected chi connectivity index (χ0v) is 13.3. The van der Waals surface area contributed by atoms with Crippen molar-refractivity contribution in [1.82, 2.24) is 4.90 Å². The lowest BCUT2D eigenvalue weighted by Crippen LogP contribution is -2.39. The Kier molecular flexibility index (Phi) is 4.84. The zero-order chi connectivity index (χ0) is 14.7. The summed E-state index contributed by atoms with van der Waals surface area (Å²) >= 11 is 5.82. The normalized spacial score (nSPS) is 24.9. The third-order valence-corrected chi connectivity index (χ3v) is 5.27. The van der Waals surface area contributed by atoms with E-state index in [1.807, 2.05) is 0 Å². The molecule has 21 heavy (non-hydrogen) atoms. The van der Waals surface area contributed by atoms with Gasteiger partial charge in [0.05, 0.1) is 5.92 Å². The highest BCUT2D eigenvalue weighted by Crippen LogP contribution is 2.35. The van der Waals surface area contributed by atoms with E-state index < -0.39 is 0 Å². The van der Waals surface area contributed by atoms with Crippen LogP contribution in [0.2, 0.25) is 0 Å². The second-order valence-electron chi connectivity index (χ2n) is 6.30. The summed E-state index contributed by atoms with van der Waals surface area (Å²) in [6.45, 7) is 0.935. The first kappa shape index (κ1) is 14.9. The molecule has 0 bridgehead atoms. The molecule has 1 heterocycles. The molecule has 1 aromatic rings. The molecule has 1 saturated heterocycles. The summed E-state index contributed by atoms with van der Waals surface area (Å²) < 4.78 is 0. The van der Waals surface area contributed by atoms with Crippen molar-refractivity contribution < 1.29 is 4.79 Å². The number of likely N-dealkylation sites (tertiary alicyclic amines) is 1. The molecular formula is C18H24ClNO. The third kappa shape index (κ3) is 3.11. The Hall–Kier alpha value is -1.02. The van der Waals surface area contributed by atoms with Crippen molar-refractivity contribution in [3.8, 4) is 0 Å². The van der Waals surface area contributed by atoms with Gasteiger partial charge < -0.3 is 4.90 Å². The van der Waals surface area contributed by atoms with Crippen molar-refractivity contribution in [2.45, 2.75) is 56.9 Å². The Labute approximate surface area is 132 Å². The van der Waals surface area contributed by atoms with Gasteiger partial charge in [-0.15, -0.1) is 11.6 Å². The van der Waals surface area contributed by atoms with E-state index in [-0.39, 0.29) is 5.92 Å². The molecule has 1 amide bonds. The minimum atomic E-state index is 0.0894. The standard InChI is InChI=1S/C18H24ClNO/c19-12-4-8-15-9-5-13-20(15)18(21)17-11-3-7-14-6-1-2-10-16(14)17/h1-2,6,10,15,17H,3-5,7-9,11-13H2. The summed E-state index contributed by atoms with van der Waals surface area (Å²) in [5.74, 6) is 1.15. The first-order valence-electron chi connectivity index (χ1n) is 8.25. The minimum absolute atomic E-state index is 0.0894. The van der Waals surface area contributed by atoms with Crippen molar-refractivity contribution in [3.63, 3.8) is 0 Å². The first-order valence-corrected chi connectivity index (χ1v) is 8.79. The van der Waals surface area contributed by atoms with Crippen LogP contribution in [0.15, 0.2) is 24.3 Å². The number of benzene rings is 1. The number of halogens is 1. The summed E-state index contributed by atoms with van der Waals surface area (Å²) in [5, 5.41) is 0. The second kappa shape index (κ2) is 6.83. The molecule has 3 heteroatoms. The predicted octanol–water partition coefficient (Wildman–Crippen LogP) is 4.12. The number of alkyl halides is 1. The molecule has 3 rings (SSSR count). The van der Waals surface area contributed by atoms with E-state index in [0.717, 1.165) is 51.5 Å². The summed E-state index contributed by atoms with van der Waals surface area (Å²) in [6.07, 6.45) is 7.63. The van der Waals surface area contributed by atoms with Gasteiger partial charge >= 0.3 is 0 Å². The van der Waals surface area contributed by atoms with Crippen molar-refractivity contribution in [2.24, 2.45) is 0 Å². The van der Waals surface area contributed by atoms with E-state index in [4.69, 9.17) is 11.6 Å². The number of aryl methyl sites for hydroxylation is 1. The quantitative estimate of drug-likeness (QED) is 0.766. The fraction of sp³-hybridized carbons (Fsp3) is 0.611. The lowest BCUT2D eigenvalue weighted by Gasteiger charge is -2.32. The van der Waals surface area contributed by atoms with Gasteiger partial charge in [-0.3, -0.25) is 4.79 Å². The highest BCUT2D eigenvalue weighted by atomic mass is 35.5. The van der Waals surface area contributed by atoms with E-state index >= 15 is 0 Å². The second-order valence-corrected chi connectivity index (χ2v) is 6.68. The number of carbonyl (C=O) groups excluding carboxylic acids is 1. The zero-order valence-electron chi connectivity index (χ0n) is 12.6. The van der Waals surface area contributed by atoms with E-state index in [1.54, 1.807) is 0 Å². The van der Waals surface area contributed by atoms with Crippen molar-refractivity contribution in [2.75, 3.05) is 12.4 Å². The molecule has 1 aliphatic heterocycles. The van der Waals surface area contributed by atoms with E-state index in [1.165, 1.54) is 11.1 Å². The highest BCUT2D eigenvalue weighted by Gasteiger charge is 2.35. The summed E-state index contributed by atoms with van der Waals surface area (Å²) in [4.78, 5) is 15.2. The molecule has 0 spiro atoms. The molecule has 2 atom stereocenters. The maximum Gasteiger partial charge on any atom is 0.230 e. The van der Waals surface area contributed by atoms with Gasteiger partial charge in [-0.25, -0.2) is 0 Å². The van der Waals surface area contributed by atoms with Gasteiger partial charge in [0.15, 0.2) is 0 Å².